The number of benzene rings is 1. The van der Waals surface area contributed by atoms with Crippen LogP contribution in [-0.4, -0.2) is 58.6 Å². The third-order valence-corrected chi connectivity index (χ3v) is 7.75. The first-order chi connectivity index (χ1) is 19.0. The van der Waals surface area contributed by atoms with E-state index in [1.807, 2.05) is 30.3 Å². The number of carbonyl (C=O) groups excluding carboxylic acids is 2. The molecule has 40 heavy (non-hydrogen) atoms. The van der Waals surface area contributed by atoms with Gasteiger partial charge in [0, 0.05) is 18.8 Å². The van der Waals surface area contributed by atoms with Gasteiger partial charge in [-0.2, -0.15) is 0 Å². The lowest BCUT2D eigenvalue weighted by Crippen LogP contribution is -2.55. The summed E-state index contributed by atoms with van der Waals surface area (Å²) in [5.74, 6) is -0.864. The number of nitrogens with two attached hydrogens (primary N) is 1. The van der Waals surface area contributed by atoms with E-state index in [0.717, 1.165) is 37.7 Å². The highest BCUT2D eigenvalue weighted by Crippen LogP contribution is 2.42. The van der Waals surface area contributed by atoms with Crippen molar-refractivity contribution in [2.45, 2.75) is 103 Å². The molecule has 10 heteroatoms. The molecule has 3 atom stereocenters. The third kappa shape index (κ3) is 8.84. The van der Waals surface area contributed by atoms with Gasteiger partial charge in [0.1, 0.15) is 11.7 Å². The highest BCUT2D eigenvalue weighted by molar-refractivity contribution is 6.48. The Morgan fingerprint density at radius 3 is 2.38 bits per heavy atom. The first-order valence-electron chi connectivity index (χ1n) is 14.5. The van der Waals surface area contributed by atoms with Crippen LogP contribution in [0.25, 0.3) is 0 Å². The van der Waals surface area contributed by atoms with Crippen molar-refractivity contribution >= 4 is 18.9 Å². The van der Waals surface area contributed by atoms with Crippen molar-refractivity contribution in [3.63, 3.8) is 0 Å². The minimum absolute atomic E-state index is 0.151. The minimum Gasteiger partial charge on any atom is -0.402 e. The maximum atomic E-state index is 13.8. The molecule has 3 unspecified atom stereocenters. The van der Waals surface area contributed by atoms with Crippen LogP contribution in [0.1, 0.15) is 89.2 Å². The van der Waals surface area contributed by atoms with Crippen molar-refractivity contribution in [1.29, 1.82) is 0 Å². The lowest BCUT2D eigenvalue weighted by Gasteiger charge is -2.36. The molecule has 1 aliphatic heterocycles. The van der Waals surface area contributed by atoms with Gasteiger partial charge in [-0.15, -0.1) is 0 Å². The SMILES string of the molecule is CC(C)CC(NC(=O)C(Cc1ccccc1)NC(=O)c1cnccn1)B1OC(C)(C)C(C)(CCCCCCN)O1. The van der Waals surface area contributed by atoms with Crippen molar-refractivity contribution in [3.05, 3.63) is 60.2 Å². The topological polar surface area (TPSA) is 128 Å². The fourth-order valence-corrected chi connectivity index (χ4v) is 5.06. The van der Waals surface area contributed by atoms with E-state index in [1.54, 1.807) is 0 Å². The van der Waals surface area contributed by atoms with Gasteiger partial charge in [0.2, 0.25) is 5.91 Å². The first-order valence-corrected chi connectivity index (χ1v) is 14.5. The fourth-order valence-electron chi connectivity index (χ4n) is 5.06. The fraction of sp³-hybridized carbons (Fsp3) is 0.600. The number of aromatic nitrogens is 2. The van der Waals surface area contributed by atoms with Crippen LogP contribution >= 0.6 is 0 Å². The molecule has 218 valence electrons. The van der Waals surface area contributed by atoms with Crippen LogP contribution in [0.2, 0.25) is 0 Å². The summed E-state index contributed by atoms with van der Waals surface area (Å²) < 4.78 is 13.1. The van der Waals surface area contributed by atoms with E-state index >= 15 is 0 Å². The smallest absolute Gasteiger partial charge is 0.402 e. The van der Waals surface area contributed by atoms with E-state index in [1.165, 1.54) is 18.6 Å². The van der Waals surface area contributed by atoms with Crippen molar-refractivity contribution < 1.29 is 18.9 Å². The third-order valence-electron chi connectivity index (χ3n) is 7.75. The summed E-state index contributed by atoms with van der Waals surface area (Å²) in [6.07, 6.45) is 10.4. The largest absolute Gasteiger partial charge is 0.481 e. The van der Waals surface area contributed by atoms with Crippen LogP contribution in [0.5, 0.6) is 0 Å². The number of nitrogens with zero attached hydrogens (tertiary/aromatic N) is 2. The van der Waals surface area contributed by atoms with Crippen molar-refractivity contribution in [2.75, 3.05) is 6.54 Å². The summed E-state index contributed by atoms with van der Waals surface area (Å²) in [6.45, 7) is 11.1. The Kier molecular flexibility index (Phi) is 11.7. The van der Waals surface area contributed by atoms with Crippen LogP contribution in [0.15, 0.2) is 48.9 Å². The van der Waals surface area contributed by atoms with Crippen molar-refractivity contribution in [2.24, 2.45) is 11.7 Å². The van der Waals surface area contributed by atoms with Gasteiger partial charge in [-0.25, -0.2) is 4.98 Å². The highest BCUT2D eigenvalue weighted by atomic mass is 16.7. The van der Waals surface area contributed by atoms with Crippen LogP contribution in [0, 0.1) is 5.92 Å². The number of hydrogen-bond donors (Lipinski definition) is 3. The molecule has 9 nitrogen and oxygen atoms in total. The Hall–Kier alpha value is -2.82. The molecule has 2 heterocycles. The highest BCUT2D eigenvalue weighted by Gasteiger charge is 2.56. The van der Waals surface area contributed by atoms with Crippen LogP contribution in [0.3, 0.4) is 0 Å². The molecule has 2 amide bonds. The number of unbranched alkanes of at least 4 members (excludes halogenated alkanes) is 3. The predicted molar refractivity (Wildman–Crippen MR) is 157 cm³/mol. The molecule has 1 fully saturated rings. The van der Waals surface area contributed by atoms with Gasteiger partial charge in [-0.1, -0.05) is 63.4 Å². The van der Waals surface area contributed by atoms with Gasteiger partial charge in [0.15, 0.2) is 0 Å². The monoisotopic (exact) mass is 551 g/mol. The molecule has 0 radical (unpaired) electrons. The molecule has 1 aliphatic rings. The van der Waals surface area contributed by atoms with E-state index in [2.05, 4.69) is 55.2 Å². The average molecular weight is 552 g/mol. The quantitative estimate of drug-likeness (QED) is 0.226. The normalized spacial score (nSPS) is 19.8. The van der Waals surface area contributed by atoms with Crippen LogP contribution < -0.4 is 16.4 Å². The zero-order valence-corrected chi connectivity index (χ0v) is 24.7. The second-order valence-corrected chi connectivity index (χ2v) is 11.8. The van der Waals surface area contributed by atoms with Crippen LogP contribution in [-0.2, 0) is 20.5 Å². The Bertz CT molecular complexity index is 1070. The molecular weight excluding hydrogens is 505 g/mol. The van der Waals surface area contributed by atoms with E-state index in [0.29, 0.717) is 19.4 Å². The summed E-state index contributed by atoms with van der Waals surface area (Å²) >= 11 is 0. The molecule has 0 spiro atoms. The molecule has 3 rings (SSSR count). The number of rotatable bonds is 15. The second-order valence-electron chi connectivity index (χ2n) is 11.8. The molecule has 0 saturated carbocycles. The molecule has 2 aromatic rings. The first kappa shape index (κ1) is 31.7. The van der Waals surface area contributed by atoms with Gasteiger partial charge >= 0.3 is 7.12 Å². The summed E-state index contributed by atoms with van der Waals surface area (Å²) in [7, 11) is -0.608. The van der Waals surface area contributed by atoms with E-state index in [4.69, 9.17) is 15.0 Å². The maximum absolute atomic E-state index is 13.8. The zero-order chi connectivity index (χ0) is 29.2. The number of carbonyl (C=O) groups is 2. The summed E-state index contributed by atoms with van der Waals surface area (Å²) in [4.78, 5) is 34.8. The van der Waals surface area contributed by atoms with E-state index < -0.39 is 36.2 Å². The molecule has 1 aromatic heterocycles. The molecule has 0 bridgehead atoms. The second kappa shape index (κ2) is 14.7. The summed E-state index contributed by atoms with van der Waals surface area (Å²) in [6, 6.07) is 8.79. The van der Waals surface area contributed by atoms with Crippen molar-refractivity contribution in [1.82, 2.24) is 20.6 Å². The van der Waals surface area contributed by atoms with Crippen LogP contribution in [0.4, 0.5) is 0 Å². The molecule has 0 aliphatic carbocycles. The van der Waals surface area contributed by atoms with Gasteiger partial charge in [-0.05, 0) is 58.1 Å². The van der Waals surface area contributed by atoms with Gasteiger partial charge in [-0.3, -0.25) is 14.6 Å². The van der Waals surface area contributed by atoms with E-state index in [9.17, 15) is 9.59 Å². The molecular formula is C30H46BN5O4. The Morgan fingerprint density at radius 1 is 1.00 bits per heavy atom. The zero-order valence-electron chi connectivity index (χ0n) is 24.7. The number of hydrogen-bond acceptors (Lipinski definition) is 7. The van der Waals surface area contributed by atoms with Gasteiger partial charge in [0.05, 0.1) is 23.3 Å². The molecule has 1 aromatic carbocycles. The summed E-state index contributed by atoms with van der Waals surface area (Å²) in [5.41, 5.74) is 5.70. The van der Waals surface area contributed by atoms with Gasteiger partial charge < -0.3 is 25.7 Å². The number of nitrogens with one attached hydrogen (secondary N) is 2. The summed E-state index contributed by atoms with van der Waals surface area (Å²) in [5, 5.41) is 6.04. The maximum Gasteiger partial charge on any atom is 0.481 e. The molecule has 1 saturated heterocycles. The lowest BCUT2D eigenvalue weighted by molar-refractivity contribution is -0.123. The lowest BCUT2D eigenvalue weighted by atomic mass is 9.73. The standard InChI is InChI=1S/C30H46BN5O4/c1-22(2)19-26(31-39-29(3,4)30(5,40-31)15-11-6-7-12-16-32)36-27(37)24(20-23-13-9-8-10-14-23)35-28(38)25-21-33-17-18-34-25/h8-10,13-14,17-18,21-22,24,26H,6-7,11-12,15-16,19-20,32H2,1-5H3,(H,35,38)(H,36,37). The van der Waals surface area contributed by atoms with E-state index in [-0.39, 0.29) is 17.5 Å². The molecule has 4 N–H and O–H groups in total. The average Bonchev–Trinajstić information content (AvgIpc) is 3.16. The van der Waals surface area contributed by atoms with Gasteiger partial charge in [0.25, 0.3) is 5.91 Å². The minimum atomic E-state index is -0.824. The number of amides is 2. The Labute approximate surface area is 239 Å². The predicted octanol–water partition coefficient (Wildman–Crippen LogP) is 3.87. The Balaban J connectivity index is 1.76. The Morgan fingerprint density at radius 2 is 1.73 bits per heavy atom. The van der Waals surface area contributed by atoms with Crippen molar-refractivity contribution in [3.8, 4) is 0 Å².